The van der Waals surface area contributed by atoms with Gasteiger partial charge in [0.25, 0.3) is 0 Å². The van der Waals surface area contributed by atoms with E-state index in [1.807, 2.05) is 6.07 Å². The van der Waals surface area contributed by atoms with Crippen molar-refractivity contribution in [1.82, 2.24) is 14.9 Å². The second-order valence-corrected chi connectivity index (χ2v) is 5.85. The Morgan fingerprint density at radius 3 is 2.83 bits per heavy atom. The number of likely N-dealkylation sites (tertiary alicyclic amines) is 1. The van der Waals surface area contributed by atoms with Gasteiger partial charge in [0.2, 0.25) is 0 Å². The summed E-state index contributed by atoms with van der Waals surface area (Å²) in [6, 6.07) is 10.8. The SMILES string of the molecule is O=C(O)/C=C/c1cnc(N[C@@H]2CCN(Cc3ccccc3)C2)cn1. The Bertz CT molecular complexity index is 701. The van der Waals surface area contributed by atoms with E-state index in [0.717, 1.165) is 32.1 Å². The van der Waals surface area contributed by atoms with Gasteiger partial charge in [0.1, 0.15) is 5.82 Å². The number of hydrogen-bond acceptors (Lipinski definition) is 5. The number of carboxylic acid groups (broad SMARTS) is 1. The summed E-state index contributed by atoms with van der Waals surface area (Å²) in [7, 11) is 0. The van der Waals surface area contributed by atoms with Gasteiger partial charge in [-0.2, -0.15) is 0 Å². The Balaban J connectivity index is 1.51. The van der Waals surface area contributed by atoms with E-state index < -0.39 is 5.97 Å². The van der Waals surface area contributed by atoms with Gasteiger partial charge >= 0.3 is 5.97 Å². The number of aliphatic carboxylic acids is 1. The van der Waals surface area contributed by atoms with E-state index in [2.05, 4.69) is 44.5 Å². The van der Waals surface area contributed by atoms with E-state index in [0.29, 0.717) is 17.6 Å². The fourth-order valence-corrected chi connectivity index (χ4v) is 2.80. The van der Waals surface area contributed by atoms with Crippen LogP contribution >= 0.6 is 0 Å². The average molecular weight is 324 g/mol. The number of nitrogens with one attached hydrogen (secondary N) is 1. The van der Waals surface area contributed by atoms with Crippen LogP contribution in [0.15, 0.2) is 48.8 Å². The highest BCUT2D eigenvalue weighted by molar-refractivity contribution is 5.84. The van der Waals surface area contributed by atoms with Crippen LogP contribution in [0, 0.1) is 0 Å². The molecular formula is C18H20N4O2. The zero-order valence-electron chi connectivity index (χ0n) is 13.3. The lowest BCUT2D eigenvalue weighted by atomic mass is 10.2. The predicted molar refractivity (Wildman–Crippen MR) is 92.4 cm³/mol. The van der Waals surface area contributed by atoms with Crippen LogP contribution in [0.2, 0.25) is 0 Å². The molecule has 0 aliphatic carbocycles. The Kier molecular flexibility index (Phi) is 5.18. The molecule has 0 saturated carbocycles. The Morgan fingerprint density at radius 1 is 1.29 bits per heavy atom. The summed E-state index contributed by atoms with van der Waals surface area (Å²) in [6.45, 7) is 2.99. The Hall–Kier alpha value is -2.73. The highest BCUT2D eigenvalue weighted by Gasteiger charge is 2.22. The van der Waals surface area contributed by atoms with E-state index in [9.17, 15) is 4.79 Å². The van der Waals surface area contributed by atoms with E-state index in [1.165, 1.54) is 11.6 Å². The molecule has 2 aromatic rings. The molecule has 0 bridgehead atoms. The van der Waals surface area contributed by atoms with Crippen LogP contribution in [-0.4, -0.2) is 45.1 Å². The van der Waals surface area contributed by atoms with Crippen molar-refractivity contribution in [1.29, 1.82) is 0 Å². The molecule has 6 nitrogen and oxygen atoms in total. The molecule has 0 radical (unpaired) electrons. The van der Waals surface area contributed by atoms with E-state index in [4.69, 9.17) is 5.11 Å². The maximum absolute atomic E-state index is 10.5. The molecule has 0 amide bonds. The Labute approximate surface area is 140 Å². The van der Waals surface area contributed by atoms with Gasteiger partial charge in [-0.3, -0.25) is 9.88 Å². The first-order valence-electron chi connectivity index (χ1n) is 7.95. The molecule has 1 aromatic heterocycles. The van der Waals surface area contributed by atoms with Gasteiger partial charge < -0.3 is 10.4 Å². The molecule has 24 heavy (non-hydrogen) atoms. The molecule has 1 aromatic carbocycles. The second kappa shape index (κ2) is 7.70. The number of carbonyl (C=O) groups is 1. The standard InChI is InChI=1S/C18H20N4O2/c23-18(24)7-6-15-10-20-17(11-19-15)21-16-8-9-22(13-16)12-14-4-2-1-3-5-14/h1-7,10-11,16H,8-9,12-13H2,(H,20,21)(H,23,24)/b7-6+/t16-/m1/s1. The monoisotopic (exact) mass is 324 g/mol. The van der Waals surface area contributed by atoms with Crippen LogP contribution in [-0.2, 0) is 11.3 Å². The second-order valence-electron chi connectivity index (χ2n) is 5.85. The van der Waals surface area contributed by atoms with Crippen molar-refractivity contribution in [2.24, 2.45) is 0 Å². The lowest BCUT2D eigenvalue weighted by molar-refractivity contribution is -0.131. The third kappa shape index (κ3) is 4.63. The molecule has 0 spiro atoms. The number of anilines is 1. The van der Waals surface area contributed by atoms with E-state index in [-0.39, 0.29) is 0 Å². The third-order valence-electron chi connectivity index (χ3n) is 3.94. The number of nitrogens with zero attached hydrogens (tertiary/aromatic N) is 3. The molecule has 2 heterocycles. The number of aromatic nitrogens is 2. The van der Waals surface area contributed by atoms with Crippen molar-refractivity contribution < 1.29 is 9.90 Å². The molecule has 1 fully saturated rings. The summed E-state index contributed by atoms with van der Waals surface area (Å²) in [5.74, 6) is -0.280. The van der Waals surface area contributed by atoms with Gasteiger partial charge in [-0.25, -0.2) is 9.78 Å². The zero-order chi connectivity index (χ0) is 16.8. The van der Waals surface area contributed by atoms with Gasteiger partial charge in [0.15, 0.2) is 0 Å². The van der Waals surface area contributed by atoms with Crippen LogP contribution in [0.5, 0.6) is 0 Å². The van der Waals surface area contributed by atoms with Crippen LogP contribution in [0.1, 0.15) is 17.7 Å². The van der Waals surface area contributed by atoms with Crippen LogP contribution in [0.4, 0.5) is 5.82 Å². The topological polar surface area (TPSA) is 78.3 Å². The number of carboxylic acids is 1. The molecule has 1 aliphatic heterocycles. The number of benzene rings is 1. The first-order chi connectivity index (χ1) is 11.7. The van der Waals surface area contributed by atoms with Crippen molar-refractivity contribution in [2.45, 2.75) is 19.0 Å². The minimum Gasteiger partial charge on any atom is -0.478 e. The largest absolute Gasteiger partial charge is 0.478 e. The fraction of sp³-hybridized carbons (Fsp3) is 0.278. The molecule has 3 rings (SSSR count). The Morgan fingerprint density at radius 2 is 2.12 bits per heavy atom. The average Bonchev–Trinajstić information content (AvgIpc) is 3.02. The van der Waals surface area contributed by atoms with Crippen molar-refractivity contribution in [3.05, 3.63) is 60.1 Å². The lowest BCUT2D eigenvalue weighted by Gasteiger charge is -2.17. The molecule has 0 unspecified atom stereocenters. The number of hydrogen-bond donors (Lipinski definition) is 2. The van der Waals surface area contributed by atoms with Gasteiger partial charge in [0.05, 0.1) is 18.1 Å². The summed E-state index contributed by atoms with van der Waals surface area (Å²) in [4.78, 5) is 21.4. The maximum atomic E-state index is 10.5. The normalized spacial score (nSPS) is 18.1. The van der Waals surface area contributed by atoms with Gasteiger partial charge in [-0.05, 0) is 18.1 Å². The molecule has 1 aliphatic rings. The highest BCUT2D eigenvalue weighted by Crippen LogP contribution is 2.16. The first-order valence-corrected chi connectivity index (χ1v) is 7.95. The van der Waals surface area contributed by atoms with Gasteiger partial charge in [-0.15, -0.1) is 0 Å². The summed E-state index contributed by atoms with van der Waals surface area (Å²) >= 11 is 0. The third-order valence-corrected chi connectivity index (χ3v) is 3.94. The fourth-order valence-electron chi connectivity index (χ4n) is 2.80. The summed E-state index contributed by atoms with van der Waals surface area (Å²) in [5, 5.41) is 12.0. The minimum atomic E-state index is -0.997. The van der Waals surface area contributed by atoms with Gasteiger partial charge in [0, 0.05) is 31.8 Å². The first kappa shape index (κ1) is 16.1. The number of rotatable bonds is 6. The maximum Gasteiger partial charge on any atom is 0.328 e. The van der Waals surface area contributed by atoms with Crippen molar-refractivity contribution in [2.75, 3.05) is 18.4 Å². The van der Waals surface area contributed by atoms with Crippen molar-refractivity contribution >= 4 is 17.9 Å². The van der Waals surface area contributed by atoms with Crippen LogP contribution in [0.3, 0.4) is 0 Å². The molecule has 1 saturated heterocycles. The van der Waals surface area contributed by atoms with E-state index >= 15 is 0 Å². The molecule has 2 N–H and O–H groups in total. The molecule has 124 valence electrons. The minimum absolute atomic E-state index is 0.350. The van der Waals surface area contributed by atoms with Crippen LogP contribution in [0.25, 0.3) is 6.08 Å². The van der Waals surface area contributed by atoms with Gasteiger partial charge in [-0.1, -0.05) is 30.3 Å². The van der Waals surface area contributed by atoms with E-state index in [1.54, 1.807) is 12.4 Å². The van der Waals surface area contributed by atoms with Crippen molar-refractivity contribution in [3.8, 4) is 0 Å². The molecule has 6 heteroatoms. The molecular weight excluding hydrogens is 304 g/mol. The summed E-state index contributed by atoms with van der Waals surface area (Å²) in [5.41, 5.74) is 1.85. The predicted octanol–water partition coefficient (Wildman–Crippen LogP) is 2.26. The quantitative estimate of drug-likeness (QED) is 0.794. The zero-order valence-corrected chi connectivity index (χ0v) is 13.3. The lowest BCUT2D eigenvalue weighted by Crippen LogP contribution is -2.26. The van der Waals surface area contributed by atoms with Crippen molar-refractivity contribution in [3.63, 3.8) is 0 Å². The van der Waals surface area contributed by atoms with Crippen LogP contribution < -0.4 is 5.32 Å². The molecule has 1 atom stereocenters. The highest BCUT2D eigenvalue weighted by atomic mass is 16.4. The summed E-state index contributed by atoms with van der Waals surface area (Å²) < 4.78 is 0. The smallest absolute Gasteiger partial charge is 0.328 e. The summed E-state index contributed by atoms with van der Waals surface area (Å²) in [6.07, 6.45) is 6.75.